The first-order valence-electron chi connectivity index (χ1n) is 5.17. The predicted octanol–water partition coefficient (Wildman–Crippen LogP) is 1.71. The fourth-order valence-corrected chi connectivity index (χ4v) is 1.50. The molecule has 1 aromatic heterocycles. The molecule has 0 saturated carbocycles. The monoisotopic (exact) mass is 267 g/mol. The summed E-state index contributed by atoms with van der Waals surface area (Å²) in [5.74, 6) is -0.446. The van der Waals surface area contributed by atoms with Gasteiger partial charge in [-0.2, -0.15) is 0 Å². The van der Waals surface area contributed by atoms with Gasteiger partial charge in [-0.15, -0.1) is 5.10 Å². The zero-order chi connectivity index (χ0) is 13.0. The number of aromatic carboxylic acids is 1. The second-order valence-electron chi connectivity index (χ2n) is 3.48. The lowest BCUT2D eigenvalue weighted by Gasteiger charge is -2.05. The summed E-state index contributed by atoms with van der Waals surface area (Å²) in [7, 11) is 0. The standard InChI is InChI=1S/C11H10ClN3O3/c12-8-2-1-3-9(6-8)18-5-4-15-7-10(11(16)17)13-14-15/h1-3,6-7H,4-5H2,(H,16,17). The van der Waals surface area contributed by atoms with Gasteiger partial charge in [0.15, 0.2) is 5.69 Å². The fourth-order valence-electron chi connectivity index (χ4n) is 1.32. The van der Waals surface area contributed by atoms with Crippen LogP contribution >= 0.6 is 11.6 Å². The van der Waals surface area contributed by atoms with Crippen LogP contribution in [0.4, 0.5) is 0 Å². The predicted molar refractivity (Wildman–Crippen MR) is 63.9 cm³/mol. The van der Waals surface area contributed by atoms with Gasteiger partial charge < -0.3 is 9.84 Å². The van der Waals surface area contributed by atoms with Crippen molar-refractivity contribution in [3.05, 3.63) is 41.2 Å². The van der Waals surface area contributed by atoms with Crippen molar-refractivity contribution in [2.75, 3.05) is 6.61 Å². The number of benzene rings is 1. The molecule has 0 atom stereocenters. The lowest BCUT2D eigenvalue weighted by atomic mass is 10.3. The van der Waals surface area contributed by atoms with E-state index in [1.165, 1.54) is 10.9 Å². The molecule has 0 bridgehead atoms. The topological polar surface area (TPSA) is 77.2 Å². The van der Waals surface area contributed by atoms with Crippen LogP contribution in [0.3, 0.4) is 0 Å². The van der Waals surface area contributed by atoms with E-state index in [0.29, 0.717) is 23.9 Å². The Balaban J connectivity index is 1.86. The first-order valence-corrected chi connectivity index (χ1v) is 5.55. The van der Waals surface area contributed by atoms with Crippen molar-refractivity contribution < 1.29 is 14.6 Å². The van der Waals surface area contributed by atoms with E-state index in [2.05, 4.69) is 10.3 Å². The molecule has 18 heavy (non-hydrogen) atoms. The zero-order valence-electron chi connectivity index (χ0n) is 9.28. The van der Waals surface area contributed by atoms with Gasteiger partial charge >= 0.3 is 5.97 Å². The highest BCUT2D eigenvalue weighted by atomic mass is 35.5. The van der Waals surface area contributed by atoms with Crippen LogP contribution in [0.15, 0.2) is 30.5 Å². The van der Waals surface area contributed by atoms with Gasteiger partial charge in [-0.25, -0.2) is 9.48 Å². The molecule has 0 unspecified atom stereocenters. The van der Waals surface area contributed by atoms with E-state index in [-0.39, 0.29) is 5.69 Å². The number of carbonyl (C=O) groups is 1. The van der Waals surface area contributed by atoms with Crippen molar-refractivity contribution in [3.63, 3.8) is 0 Å². The molecule has 1 heterocycles. The number of halogens is 1. The lowest BCUT2D eigenvalue weighted by Crippen LogP contribution is -2.08. The van der Waals surface area contributed by atoms with Gasteiger partial charge in [0.2, 0.25) is 0 Å². The summed E-state index contributed by atoms with van der Waals surface area (Å²) in [4.78, 5) is 10.6. The Hall–Kier alpha value is -2.08. The van der Waals surface area contributed by atoms with E-state index in [1.807, 2.05) is 0 Å². The van der Waals surface area contributed by atoms with Gasteiger partial charge in [0.25, 0.3) is 0 Å². The number of rotatable bonds is 5. The first-order chi connectivity index (χ1) is 8.65. The maximum absolute atomic E-state index is 10.6. The summed E-state index contributed by atoms with van der Waals surface area (Å²) in [6.45, 7) is 0.759. The molecule has 0 aliphatic heterocycles. The molecule has 0 amide bonds. The van der Waals surface area contributed by atoms with E-state index in [9.17, 15) is 4.79 Å². The minimum atomic E-state index is -1.10. The molecule has 0 fully saturated rings. The Labute approximate surface area is 108 Å². The van der Waals surface area contributed by atoms with Crippen molar-refractivity contribution in [1.29, 1.82) is 0 Å². The minimum absolute atomic E-state index is 0.0854. The summed E-state index contributed by atoms with van der Waals surface area (Å²) in [6.07, 6.45) is 1.35. The fraction of sp³-hybridized carbons (Fsp3) is 0.182. The smallest absolute Gasteiger partial charge is 0.358 e. The second-order valence-corrected chi connectivity index (χ2v) is 3.91. The average molecular weight is 268 g/mol. The molecule has 2 aromatic rings. The number of hydrogen-bond donors (Lipinski definition) is 1. The van der Waals surface area contributed by atoms with Crippen LogP contribution in [-0.4, -0.2) is 32.7 Å². The van der Waals surface area contributed by atoms with Gasteiger partial charge in [0.1, 0.15) is 12.4 Å². The molecular formula is C11H10ClN3O3. The summed E-state index contributed by atoms with van der Waals surface area (Å²) in [5, 5.41) is 16.4. The van der Waals surface area contributed by atoms with Gasteiger partial charge in [0, 0.05) is 5.02 Å². The van der Waals surface area contributed by atoms with Crippen LogP contribution in [0, 0.1) is 0 Å². The van der Waals surface area contributed by atoms with E-state index >= 15 is 0 Å². The summed E-state index contributed by atoms with van der Waals surface area (Å²) in [6, 6.07) is 7.03. The number of carboxylic acid groups (broad SMARTS) is 1. The van der Waals surface area contributed by atoms with Crippen molar-refractivity contribution in [1.82, 2.24) is 15.0 Å². The SMILES string of the molecule is O=C(O)c1cn(CCOc2cccc(Cl)c2)nn1. The number of aromatic nitrogens is 3. The molecule has 0 aliphatic carbocycles. The van der Waals surface area contributed by atoms with Gasteiger partial charge in [0.05, 0.1) is 12.7 Å². The minimum Gasteiger partial charge on any atom is -0.492 e. The molecule has 0 radical (unpaired) electrons. The Morgan fingerprint density at radius 2 is 2.33 bits per heavy atom. The number of ether oxygens (including phenoxy) is 1. The Morgan fingerprint density at radius 1 is 1.50 bits per heavy atom. The zero-order valence-corrected chi connectivity index (χ0v) is 10.0. The third kappa shape index (κ3) is 3.21. The van der Waals surface area contributed by atoms with Crippen LogP contribution in [0.1, 0.15) is 10.5 Å². The summed E-state index contributed by atoms with van der Waals surface area (Å²) in [5.41, 5.74) is -0.0854. The average Bonchev–Trinajstić information content (AvgIpc) is 2.78. The first kappa shape index (κ1) is 12.4. The van der Waals surface area contributed by atoms with Crippen LogP contribution in [0.25, 0.3) is 0 Å². The molecule has 94 valence electrons. The van der Waals surface area contributed by atoms with Gasteiger partial charge in [-0.3, -0.25) is 0 Å². The van der Waals surface area contributed by atoms with Gasteiger partial charge in [-0.05, 0) is 18.2 Å². The second kappa shape index (κ2) is 5.50. The highest BCUT2D eigenvalue weighted by molar-refractivity contribution is 6.30. The normalized spacial score (nSPS) is 10.3. The molecule has 0 aliphatic rings. The van der Waals surface area contributed by atoms with Crippen molar-refractivity contribution in [2.24, 2.45) is 0 Å². The number of hydrogen-bond acceptors (Lipinski definition) is 4. The molecule has 1 aromatic carbocycles. The molecule has 2 rings (SSSR count). The number of nitrogens with zero attached hydrogens (tertiary/aromatic N) is 3. The van der Waals surface area contributed by atoms with Crippen LogP contribution in [0.5, 0.6) is 5.75 Å². The lowest BCUT2D eigenvalue weighted by molar-refractivity contribution is 0.0690. The highest BCUT2D eigenvalue weighted by Crippen LogP contribution is 2.16. The summed E-state index contributed by atoms with van der Waals surface area (Å²) < 4.78 is 6.85. The third-order valence-electron chi connectivity index (χ3n) is 2.14. The molecule has 7 heteroatoms. The van der Waals surface area contributed by atoms with Crippen LogP contribution in [0.2, 0.25) is 5.02 Å². The Bertz CT molecular complexity index is 556. The van der Waals surface area contributed by atoms with Crippen molar-refractivity contribution in [3.8, 4) is 5.75 Å². The largest absolute Gasteiger partial charge is 0.492 e. The molecular weight excluding hydrogens is 258 g/mol. The van der Waals surface area contributed by atoms with E-state index in [4.69, 9.17) is 21.4 Å². The van der Waals surface area contributed by atoms with Gasteiger partial charge in [-0.1, -0.05) is 22.9 Å². The highest BCUT2D eigenvalue weighted by Gasteiger charge is 2.07. The molecule has 0 saturated heterocycles. The van der Waals surface area contributed by atoms with E-state index in [0.717, 1.165) is 0 Å². The van der Waals surface area contributed by atoms with Crippen molar-refractivity contribution >= 4 is 17.6 Å². The van der Waals surface area contributed by atoms with Crippen LogP contribution < -0.4 is 4.74 Å². The molecule has 0 spiro atoms. The van der Waals surface area contributed by atoms with Crippen LogP contribution in [-0.2, 0) is 6.54 Å². The molecule has 6 nitrogen and oxygen atoms in total. The maximum atomic E-state index is 10.6. The Kier molecular flexibility index (Phi) is 3.78. The maximum Gasteiger partial charge on any atom is 0.358 e. The Morgan fingerprint density at radius 3 is 3.00 bits per heavy atom. The molecule has 1 N–H and O–H groups in total. The third-order valence-corrected chi connectivity index (χ3v) is 2.38. The van der Waals surface area contributed by atoms with E-state index < -0.39 is 5.97 Å². The van der Waals surface area contributed by atoms with E-state index in [1.54, 1.807) is 24.3 Å². The summed E-state index contributed by atoms with van der Waals surface area (Å²) >= 11 is 5.81. The number of carboxylic acids is 1. The quantitative estimate of drug-likeness (QED) is 0.892. The van der Waals surface area contributed by atoms with Crippen molar-refractivity contribution in [2.45, 2.75) is 6.54 Å².